The molecule has 0 aromatic carbocycles. The number of rotatable bonds is 5. The molecule has 90 valence electrons. The standard InChI is InChI=1S/C13H21FN2/c1-9(2)16-7-10(3)11(4)12-5-6-15-8-13(12)14/h5-6,8-11,16H,7H2,1-4H3. The van der Waals surface area contributed by atoms with Crippen LogP contribution in [-0.4, -0.2) is 17.6 Å². The highest BCUT2D eigenvalue weighted by atomic mass is 19.1. The Morgan fingerprint density at radius 2 is 2.00 bits per heavy atom. The van der Waals surface area contributed by atoms with Crippen LogP contribution in [0.4, 0.5) is 4.39 Å². The van der Waals surface area contributed by atoms with Crippen LogP contribution < -0.4 is 5.32 Å². The van der Waals surface area contributed by atoms with Gasteiger partial charge in [-0.1, -0.05) is 27.7 Å². The predicted molar refractivity (Wildman–Crippen MR) is 64.9 cm³/mol. The van der Waals surface area contributed by atoms with E-state index in [9.17, 15) is 4.39 Å². The van der Waals surface area contributed by atoms with Crippen molar-refractivity contribution in [2.75, 3.05) is 6.54 Å². The van der Waals surface area contributed by atoms with Crippen molar-refractivity contribution < 1.29 is 4.39 Å². The Bertz CT molecular complexity index is 325. The van der Waals surface area contributed by atoms with Crippen molar-refractivity contribution in [3.8, 4) is 0 Å². The zero-order valence-electron chi connectivity index (χ0n) is 10.5. The summed E-state index contributed by atoms with van der Waals surface area (Å²) >= 11 is 0. The average Bonchev–Trinajstić information content (AvgIpc) is 2.25. The van der Waals surface area contributed by atoms with Crippen LogP contribution >= 0.6 is 0 Å². The van der Waals surface area contributed by atoms with Gasteiger partial charge in [0.1, 0.15) is 5.82 Å². The van der Waals surface area contributed by atoms with Crippen LogP contribution in [0.1, 0.15) is 39.2 Å². The number of hydrogen-bond acceptors (Lipinski definition) is 2. The van der Waals surface area contributed by atoms with Gasteiger partial charge in [-0.2, -0.15) is 0 Å². The van der Waals surface area contributed by atoms with Gasteiger partial charge in [-0.15, -0.1) is 0 Å². The van der Waals surface area contributed by atoms with Crippen LogP contribution in [-0.2, 0) is 0 Å². The SMILES string of the molecule is CC(C)NCC(C)C(C)c1ccncc1F. The fourth-order valence-corrected chi connectivity index (χ4v) is 1.66. The molecule has 0 radical (unpaired) electrons. The summed E-state index contributed by atoms with van der Waals surface area (Å²) in [6.07, 6.45) is 2.94. The highest BCUT2D eigenvalue weighted by molar-refractivity contribution is 5.18. The van der Waals surface area contributed by atoms with Crippen molar-refractivity contribution >= 4 is 0 Å². The molecular formula is C13H21FN2. The maximum absolute atomic E-state index is 13.5. The smallest absolute Gasteiger partial charge is 0.144 e. The third-order valence-corrected chi connectivity index (χ3v) is 3.00. The molecule has 1 aromatic heterocycles. The molecule has 2 unspecified atom stereocenters. The van der Waals surface area contributed by atoms with Crippen LogP contribution in [0.2, 0.25) is 0 Å². The normalized spacial score (nSPS) is 15.1. The second-order valence-electron chi connectivity index (χ2n) is 4.73. The summed E-state index contributed by atoms with van der Waals surface area (Å²) in [7, 11) is 0. The third kappa shape index (κ3) is 3.56. The van der Waals surface area contributed by atoms with Gasteiger partial charge < -0.3 is 5.32 Å². The summed E-state index contributed by atoms with van der Waals surface area (Å²) in [5.41, 5.74) is 0.757. The molecule has 1 N–H and O–H groups in total. The summed E-state index contributed by atoms with van der Waals surface area (Å²) in [4.78, 5) is 3.77. The highest BCUT2D eigenvalue weighted by Gasteiger charge is 2.17. The molecule has 16 heavy (non-hydrogen) atoms. The Labute approximate surface area is 97.3 Å². The molecular weight excluding hydrogens is 203 g/mol. The first kappa shape index (κ1) is 13.1. The summed E-state index contributed by atoms with van der Waals surface area (Å²) in [5, 5.41) is 3.38. The van der Waals surface area contributed by atoms with Crippen LogP contribution in [0, 0.1) is 11.7 Å². The quantitative estimate of drug-likeness (QED) is 0.831. The number of nitrogens with one attached hydrogen (secondary N) is 1. The fourth-order valence-electron chi connectivity index (χ4n) is 1.66. The third-order valence-electron chi connectivity index (χ3n) is 3.00. The molecule has 0 spiro atoms. The first-order chi connectivity index (χ1) is 7.52. The zero-order valence-corrected chi connectivity index (χ0v) is 10.5. The summed E-state index contributed by atoms with van der Waals surface area (Å²) < 4.78 is 13.5. The lowest BCUT2D eigenvalue weighted by Gasteiger charge is -2.22. The molecule has 0 aliphatic carbocycles. The molecule has 0 aliphatic rings. The number of nitrogens with zero attached hydrogens (tertiary/aromatic N) is 1. The zero-order chi connectivity index (χ0) is 12.1. The maximum atomic E-state index is 13.5. The molecule has 1 heterocycles. The predicted octanol–water partition coefficient (Wildman–Crippen LogP) is 2.96. The molecule has 2 nitrogen and oxygen atoms in total. The molecule has 0 saturated heterocycles. The van der Waals surface area contributed by atoms with E-state index >= 15 is 0 Å². The van der Waals surface area contributed by atoms with E-state index in [4.69, 9.17) is 0 Å². The molecule has 0 amide bonds. The van der Waals surface area contributed by atoms with Gasteiger partial charge >= 0.3 is 0 Å². The van der Waals surface area contributed by atoms with Crippen molar-refractivity contribution in [2.45, 2.75) is 39.7 Å². The molecule has 2 atom stereocenters. The summed E-state index contributed by atoms with van der Waals surface area (Å²) in [5.74, 6) is 0.403. The molecule has 1 rings (SSSR count). The second-order valence-corrected chi connectivity index (χ2v) is 4.73. The highest BCUT2D eigenvalue weighted by Crippen LogP contribution is 2.25. The van der Waals surface area contributed by atoms with E-state index in [1.807, 2.05) is 0 Å². The van der Waals surface area contributed by atoms with E-state index in [2.05, 4.69) is 38.0 Å². The molecule has 3 heteroatoms. The van der Waals surface area contributed by atoms with Crippen molar-refractivity contribution in [2.24, 2.45) is 5.92 Å². The molecule has 0 aliphatic heterocycles. The minimum Gasteiger partial charge on any atom is -0.314 e. The van der Waals surface area contributed by atoms with Gasteiger partial charge in [0.25, 0.3) is 0 Å². The summed E-state index contributed by atoms with van der Waals surface area (Å²) in [6.45, 7) is 9.33. The fraction of sp³-hybridized carbons (Fsp3) is 0.615. The van der Waals surface area contributed by atoms with E-state index in [1.165, 1.54) is 6.20 Å². The monoisotopic (exact) mass is 224 g/mol. The largest absolute Gasteiger partial charge is 0.314 e. The minimum atomic E-state index is -0.202. The van der Waals surface area contributed by atoms with Crippen molar-refractivity contribution in [3.05, 3.63) is 29.8 Å². The number of hydrogen-bond donors (Lipinski definition) is 1. The Kier molecular flexibility index (Phi) is 4.87. The van der Waals surface area contributed by atoms with Gasteiger partial charge in [-0.25, -0.2) is 4.39 Å². The van der Waals surface area contributed by atoms with Crippen molar-refractivity contribution in [3.63, 3.8) is 0 Å². The molecule has 1 aromatic rings. The van der Waals surface area contributed by atoms with Crippen LogP contribution in [0.25, 0.3) is 0 Å². The molecule has 0 saturated carbocycles. The van der Waals surface area contributed by atoms with Crippen molar-refractivity contribution in [1.29, 1.82) is 0 Å². The van der Waals surface area contributed by atoms with Gasteiger partial charge in [0.05, 0.1) is 6.20 Å². The minimum absolute atomic E-state index is 0.202. The molecule has 0 bridgehead atoms. The first-order valence-electron chi connectivity index (χ1n) is 5.85. The van der Waals surface area contributed by atoms with E-state index in [0.29, 0.717) is 12.0 Å². The number of halogens is 1. The van der Waals surface area contributed by atoms with Crippen LogP contribution in [0.15, 0.2) is 18.5 Å². The van der Waals surface area contributed by atoms with Gasteiger partial charge in [-0.3, -0.25) is 4.98 Å². The molecule has 0 fully saturated rings. The van der Waals surface area contributed by atoms with Gasteiger partial charge in [0, 0.05) is 12.2 Å². The van der Waals surface area contributed by atoms with Crippen LogP contribution in [0.3, 0.4) is 0 Å². The number of aromatic nitrogens is 1. The van der Waals surface area contributed by atoms with E-state index < -0.39 is 0 Å². The number of pyridine rings is 1. The van der Waals surface area contributed by atoms with Crippen LogP contribution in [0.5, 0.6) is 0 Å². The van der Waals surface area contributed by atoms with E-state index in [-0.39, 0.29) is 11.7 Å². The lowest BCUT2D eigenvalue weighted by molar-refractivity contribution is 0.416. The van der Waals surface area contributed by atoms with E-state index in [0.717, 1.165) is 12.1 Å². The Morgan fingerprint density at radius 3 is 2.56 bits per heavy atom. The topological polar surface area (TPSA) is 24.9 Å². The average molecular weight is 224 g/mol. The van der Waals surface area contributed by atoms with Gasteiger partial charge in [0.2, 0.25) is 0 Å². The van der Waals surface area contributed by atoms with Gasteiger partial charge in [0.15, 0.2) is 0 Å². The van der Waals surface area contributed by atoms with Crippen molar-refractivity contribution in [1.82, 2.24) is 10.3 Å². The first-order valence-corrected chi connectivity index (χ1v) is 5.85. The lowest BCUT2D eigenvalue weighted by Crippen LogP contribution is -2.30. The Balaban J connectivity index is 2.63. The lowest BCUT2D eigenvalue weighted by atomic mass is 9.89. The second kappa shape index (κ2) is 5.94. The van der Waals surface area contributed by atoms with Gasteiger partial charge in [-0.05, 0) is 30.0 Å². The summed E-state index contributed by atoms with van der Waals surface area (Å²) in [6, 6.07) is 2.24. The maximum Gasteiger partial charge on any atom is 0.144 e. The Morgan fingerprint density at radius 1 is 1.31 bits per heavy atom. The Hall–Kier alpha value is -0.960. The van der Waals surface area contributed by atoms with E-state index in [1.54, 1.807) is 12.3 Å².